The predicted octanol–water partition coefficient (Wildman–Crippen LogP) is 0.359. The molecule has 7 heteroatoms. The van der Waals surface area contributed by atoms with Gasteiger partial charge in [0.2, 0.25) is 5.91 Å². The van der Waals surface area contributed by atoms with Gasteiger partial charge in [-0.1, -0.05) is 0 Å². The summed E-state index contributed by atoms with van der Waals surface area (Å²) in [5.74, 6) is -1.17. The van der Waals surface area contributed by atoms with Gasteiger partial charge in [-0.25, -0.2) is 9.59 Å². The average Bonchev–Trinajstić information content (AvgIpc) is 2.28. The molecule has 0 aliphatic heterocycles. The van der Waals surface area contributed by atoms with Crippen molar-refractivity contribution in [2.24, 2.45) is 0 Å². The van der Waals surface area contributed by atoms with Crippen molar-refractivity contribution in [2.45, 2.75) is 32.7 Å². The summed E-state index contributed by atoms with van der Waals surface area (Å²) in [6.45, 7) is 5.08. The zero-order valence-electron chi connectivity index (χ0n) is 12.2. The van der Waals surface area contributed by atoms with Crippen molar-refractivity contribution >= 4 is 17.9 Å². The normalized spacial score (nSPS) is 10.8. The Bertz CT molecular complexity index is 353. The molecule has 0 atom stereocenters. The topological polar surface area (TPSA) is 90.0 Å². The first-order valence-electron chi connectivity index (χ1n) is 6.13. The van der Waals surface area contributed by atoms with E-state index >= 15 is 0 Å². The van der Waals surface area contributed by atoms with Gasteiger partial charge in [0.05, 0.1) is 0 Å². The van der Waals surface area contributed by atoms with Gasteiger partial charge in [-0.2, -0.15) is 0 Å². The van der Waals surface area contributed by atoms with Gasteiger partial charge < -0.3 is 20.2 Å². The molecule has 0 saturated heterocycles. The molecular formula is C12H23N3O4. The summed E-state index contributed by atoms with van der Waals surface area (Å²) in [6.07, 6.45) is 0.184. The van der Waals surface area contributed by atoms with Crippen LogP contribution in [0.3, 0.4) is 0 Å². The van der Waals surface area contributed by atoms with E-state index in [1.807, 2.05) is 0 Å². The highest BCUT2D eigenvalue weighted by molar-refractivity contribution is 5.85. The van der Waals surface area contributed by atoms with Crippen molar-refractivity contribution < 1.29 is 19.5 Å². The number of likely N-dealkylation sites (N-methyl/N-ethyl adjacent to an activating group) is 1. The lowest BCUT2D eigenvalue weighted by Gasteiger charge is -2.34. The van der Waals surface area contributed by atoms with Crippen LogP contribution in [0.1, 0.15) is 27.2 Å². The molecule has 0 aromatic rings. The quantitative estimate of drug-likeness (QED) is 0.731. The lowest BCUT2D eigenvalue weighted by Crippen LogP contribution is -2.56. The van der Waals surface area contributed by atoms with E-state index in [0.29, 0.717) is 0 Å². The molecule has 0 rings (SSSR count). The van der Waals surface area contributed by atoms with Crippen LogP contribution in [-0.2, 0) is 9.59 Å². The highest BCUT2D eigenvalue weighted by Crippen LogP contribution is 2.14. The van der Waals surface area contributed by atoms with E-state index in [2.05, 4.69) is 5.32 Å². The number of hydrogen-bond donors (Lipinski definition) is 2. The minimum atomic E-state index is -1.29. The Morgan fingerprint density at radius 2 is 1.74 bits per heavy atom. The molecule has 0 aliphatic rings. The molecule has 0 aromatic heterocycles. The Hall–Kier alpha value is -1.79. The highest BCUT2D eigenvalue weighted by atomic mass is 16.4. The minimum absolute atomic E-state index is 0.0964. The maximum absolute atomic E-state index is 11.9. The van der Waals surface area contributed by atoms with Gasteiger partial charge in [-0.3, -0.25) is 4.79 Å². The molecule has 0 heterocycles. The van der Waals surface area contributed by atoms with Crippen LogP contribution in [0, 0.1) is 0 Å². The van der Waals surface area contributed by atoms with Crippen molar-refractivity contribution in [1.82, 2.24) is 15.1 Å². The molecule has 0 radical (unpaired) electrons. The highest BCUT2D eigenvalue weighted by Gasteiger charge is 2.36. The maximum atomic E-state index is 11.9. The summed E-state index contributed by atoms with van der Waals surface area (Å²) >= 11 is 0. The number of urea groups is 1. The monoisotopic (exact) mass is 273 g/mol. The number of nitrogens with zero attached hydrogens (tertiary/aromatic N) is 2. The molecule has 19 heavy (non-hydrogen) atoms. The van der Waals surface area contributed by atoms with Crippen LogP contribution in [0.4, 0.5) is 4.79 Å². The van der Waals surface area contributed by atoms with Crippen molar-refractivity contribution in [1.29, 1.82) is 0 Å². The van der Waals surface area contributed by atoms with Gasteiger partial charge in [0.15, 0.2) is 0 Å². The summed E-state index contributed by atoms with van der Waals surface area (Å²) in [5.41, 5.74) is -1.29. The molecule has 0 bridgehead atoms. The summed E-state index contributed by atoms with van der Waals surface area (Å²) in [5, 5.41) is 11.7. The number of nitrogens with one attached hydrogen (secondary N) is 1. The number of carbonyl (C=O) groups excluding carboxylic acids is 2. The fraction of sp³-hybridized carbons (Fsp3) is 0.750. The van der Waals surface area contributed by atoms with Crippen molar-refractivity contribution in [3.63, 3.8) is 0 Å². The van der Waals surface area contributed by atoms with E-state index < -0.39 is 17.5 Å². The summed E-state index contributed by atoms with van der Waals surface area (Å²) in [7, 11) is 3.27. The van der Waals surface area contributed by atoms with E-state index in [9.17, 15) is 14.4 Å². The van der Waals surface area contributed by atoms with Crippen molar-refractivity contribution in [2.75, 3.05) is 27.2 Å². The Morgan fingerprint density at radius 3 is 2.11 bits per heavy atom. The molecule has 7 nitrogen and oxygen atoms in total. The average molecular weight is 273 g/mol. The number of hydrogen-bond acceptors (Lipinski definition) is 3. The van der Waals surface area contributed by atoms with Crippen LogP contribution in [0.5, 0.6) is 0 Å². The SMILES string of the molecule is CCN(C(=O)NCCC(=O)N(C)C)C(C)(C)C(=O)O. The number of carbonyl (C=O) groups is 3. The van der Waals surface area contributed by atoms with Crippen LogP contribution in [-0.4, -0.2) is 65.5 Å². The Balaban J connectivity index is 4.47. The fourth-order valence-electron chi connectivity index (χ4n) is 1.50. The van der Waals surface area contributed by atoms with Crippen LogP contribution in [0.25, 0.3) is 0 Å². The zero-order valence-corrected chi connectivity index (χ0v) is 12.2. The zero-order chi connectivity index (χ0) is 15.2. The number of carboxylic acids is 1. The van der Waals surface area contributed by atoms with Crippen molar-refractivity contribution in [3.8, 4) is 0 Å². The second-order valence-corrected chi connectivity index (χ2v) is 4.88. The number of carboxylic acid groups (broad SMARTS) is 1. The Kier molecular flexibility index (Phi) is 6.31. The Morgan fingerprint density at radius 1 is 1.21 bits per heavy atom. The predicted molar refractivity (Wildman–Crippen MR) is 70.8 cm³/mol. The molecule has 2 N–H and O–H groups in total. The van der Waals surface area contributed by atoms with Gasteiger partial charge in [0.1, 0.15) is 5.54 Å². The summed E-state index contributed by atoms with van der Waals surface area (Å²) < 4.78 is 0. The molecule has 0 saturated carbocycles. The van der Waals surface area contributed by atoms with Crippen LogP contribution in [0.2, 0.25) is 0 Å². The molecule has 110 valence electrons. The lowest BCUT2D eigenvalue weighted by molar-refractivity contribution is -0.147. The third kappa shape index (κ3) is 4.76. The summed E-state index contributed by atoms with van der Waals surface area (Å²) in [4.78, 5) is 37.0. The molecule has 0 unspecified atom stereocenters. The Labute approximate surface area is 113 Å². The smallest absolute Gasteiger partial charge is 0.329 e. The first kappa shape index (κ1) is 17.2. The fourth-order valence-corrected chi connectivity index (χ4v) is 1.50. The molecule has 0 spiro atoms. The van der Waals surface area contributed by atoms with Crippen LogP contribution < -0.4 is 5.32 Å². The van der Waals surface area contributed by atoms with Crippen molar-refractivity contribution in [3.05, 3.63) is 0 Å². The van der Waals surface area contributed by atoms with Gasteiger partial charge in [0.25, 0.3) is 0 Å². The number of aliphatic carboxylic acids is 1. The molecule has 0 aromatic carbocycles. The number of amides is 3. The van der Waals surface area contributed by atoms with E-state index in [-0.39, 0.29) is 25.4 Å². The molecule has 0 fully saturated rings. The van der Waals surface area contributed by atoms with E-state index in [1.165, 1.54) is 23.6 Å². The second-order valence-electron chi connectivity index (χ2n) is 4.88. The van der Waals surface area contributed by atoms with Gasteiger partial charge in [-0.15, -0.1) is 0 Å². The first-order valence-corrected chi connectivity index (χ1v) is 6.13. The third-order valence-electron chi connectivity index (χ3n) is 2.87. The van der Waals surface area contributed by atoms with Gasteiger partial charge >= 0.3 is 12.0 Å². The lowest BCUT2D eigenvalue weighted by atomic mass is 10.0. The second kappa shape index (κ2) is 6.96. The van der Waals surface area contributed by atoms with Crippen LogP contribution in [0.15, 0.2) is 0 Å². The maximum Gasteiger partial charge on any atom is 0.329 e. The van der Waals surface area contributed by atoms with E-state index in [4.69, 9.17) is 5.11 Å². The first-order chi connectivity index (χ1) is 8.64. The molecular weight excluding hydrogens is 250 g/mol. The standard InChI is InChI=1S/C12H23N3O4/c1-6-15(12(2,3)10(17)18)11(19)13-8-7-9(16)14(4)5/h6-8H2,1-5H3,(H,13,19)(H,17,18). The van der Waals surface area contributed by atoms with Crippen LogP contribution >= 0.6 is 0 Å². The molecule has 0 aliphatic carbocycles. The largest absolute Gasteiger partial charge is 0.480 e. The third-order valence-corrected chi connectivity index (χ3v) is 2.87. The van der Waals surface area contributed by atoms with E-state index in [1.54, 1.807) is 21.0 Å². The van der Waals surface area contributed by atoms with Gasteiger partial charge in [-0.05, 0) is 20.8 Å². The number of rotatable bonds is 6. The van der Waals surface area contributed by atoms with Gasteiger partial charge in [0, 0.05) is 33.6 Å². The minimum Gasteiger partial charge on any atom is -0.480 e. The summed E-state index contributed by atoms with van der Waals surface area (Å²) in [6, 6.07) is -0.485. The van der Waals surface area contributed by atoms with E-state index in [0.717, 1.165) is 0 Å². The molecule has 3 amide bonds.